The van der Waals surface area contributed by atoms with Crippen LogP contribution in [0.3, 0.4) is 0 Å². The van der Waals surface area contributed by atoms with Crippen LogP contribution in [0.5, 0.6) is 5.88 Å². The maximum atomic E-state index is 5.87. The van der Waals surface area contributed by atoms with E-state index in [1.807, 2.05) is 19.9 Å². The highest BCUT2D eigenvalue weighted by Gasteiger charge is 2.14. The number of hydrogen-bond donors (Lipinski definition) is 1. The van der Waals surface area contributed by atoms with Crippen molar-refractivity contribution in [1.29, 1.82) is 0 Å². The molecule has 4 nitrogen and oxygen atoms in total. The molecule has 0 aliphatic rings. The Morgan fingerprint density at radius 2 is 2.10 bits per heavy atom. The van der Waals surface area contributed by atoms with Gasteiger partial charge in [-0.05, 0) is 56.6 Å². The van der Waals surface area contributed by atoms with Gasteiger partial charge in [0.25, 0.3) is 0 Å². The van der Waals surface area contributed by atoms with Gasteiger partial charge in [0.05, 0.1) is 6.61 Å². The summed E-state index contributed by atoms with van der Waals surface area (Å²) >= 11 is 3.45. The fourth-order valence-electron chi connectivity index (χ4n) is 1.57. The van der Waals surface area contributed by atoms with E-state index in [2.05, 4.69) is 47.0 Å². The SMILES string of the molecule is CCOCC(C)Oc1ncc(Br)cc1CNC(C)(C)C. The molecule has 0 aliphatic heterocycles. The monoisotopic (exact) mass is 344 g/mol. The molecule has 0 saturated carbocycles. The van der Waals surface area contributed by atoms with Crippen LogP contribution in [-0.4, -0.2) is 29.8 Å². The molecule has 1 atom stereocenters. The van der Waals surface area contributed by atoms with Crippen LogP contribution in [0.2, 0.25) is 0 Å². The summed E-state index contributed by atoms with van der Waals surface area (Å²) in [5.74, 6) is 0.664. The summed E-state index contributed by atoms with van der Waals surface area (Å²) in [5.41, 5.74) is 1.09. The van der Waals surface area contributed by atoms with E-state index in [-0.39, 0.29) is 11.6 Å². The first-order chi connectivity index (χ1) is 9.31. The Labute approximate surface area is 130 Å². The van der Waals surface area contributed by atoms with Crippen LogP contribution in [0.25, 0.3) is 0 Å². The lowest BCUT2D eigenvalue weighted by Gasteiger charge is -2.22. The molecule has 0 radical (unpaired) electrons. The summed E-state index contributed by atoms with van der Waals surface area (Å²) < 4.78 is 12.2. The molecular formula is C15H25BrN2O2. The van der Waals surface area contributed by atoms with Crippen molar-refractivity contribution >= 4 is 15.9 Å². The predicted molar refractivity (Wildman–Crippen MR) is 85.1 cm³/mol. The largest absolute Gasteiger partial charge is 0.472 e. The Morgan fingerprint density at radius 1 is 1.40 bits per heavy atom. The number of ether oxygens (including phenoxy) is 2. The van der Waals surface area contributed by atoms with Gasteiger partial charge in [0.15, 0.2) is 0 Å². The van der Waals surface area contributed by atoms with Crippen molar-refractivity contribution in [3.63, 3.8) is 0 Å². The lowest BCUT2D eigenvalue weighted by Crippen LogP contribution is -2.35. The summed E-state index contributed by atoms with van der Waals surface area (Å²) in [5, 5.41) is 3.45. The number of nitrogens with zero attached hydrogens (tertiary/aromatic N) is 1. The van der Waals surface area contributed by atoms with Gasteiger partial charge in [-0.1, -0.05) is 0 Å². The molecule has 0 aliphatic carbocycles. The van der Waals surface area contributed by atoms with Crippen LogP contribution in [0.15, 0.2) is 16.7 Å². The highest BCUT2D eigenvalue weighted by molar-refractivity contribution is 9.10. The maximum absolute atomic E-state index is 5.87. The van der Waals surface area contributed by atoms with Gasteiger partial charge >= 0.3 is 0 Å². The maximum Gasteiger partial charge on any atom is 0.218 e. The highest BCUT2D eigenvalue weighted by Crippen LogP contribution is 2.21. The fraction of sp³-hybridized carbons (Fsp3) is 0.667. The quantitative estimate of drug-likeness (QED) is 0.821. The highest BCUT2D eigenvalue weighted by atomic mass is 79.9. The van der Waals surface area contributed by atoms with E-state index in [4.69, 9.17) is 9.47 Å². The van der Waals surface area contributed by atoms with E-state index in [0.29, 0.717) is 25.6 Å². The van der Waals surface area contributed by atoms with Gasteiger partial charge in [-0.2, -0.15) is 0 Å². The smallest absolute Gasteiger partial charge is 0.218 e. The molecular weight excluding hydrogens is 320 g/mol. The van der Waals surface area contributed by atoms with Gasteiger partial charge in [-0.15, -0.1) is 0 Å². The van der Waals surface area contributed by atoms with E-state index in [1.165, 1.54) is 0 Å². The second kappa shape index (κ2) is 7.96. The number of rotatable bonds is 7. The zero-order valence-electron chi connectivity index (χ0n) is 13.0. The topological polar surface area (TPSA) is 43.4 Å². The molecule has 20 heavy (non-hydrogen) atoms. The molecule has 1 aromatic heterocycles. The molecule has 1 heterocycles. The van der Waals surface area contributed by atoms with E-state index in [9.17, 15) is 0 Å². The van der Waals surface area contributed by atoms with Gasteiger partial charge in [-0.3, -0.25) is 0 Å². The van der Waals surface area contributed by atoms with Crippen molar-refractivity contribution in [3.05, 3.63) is 22.3 Å². The zero-order valence-corrected chi connectivity index (χ0v) is 14.6. The second-order valence-electron chi connectivity index (χ2n) is 5.81. The Balaban J connectivity index is 2.74. The van der Waals surface area contributed by atoms with Gasteiger partial charge in [0.2, 0.25) is 5.88 Å². The van der Waals surface area contributed by atoms with Crippen LogP contribution in [0.1, 0.15) is 40.2 Å². The minimum absolute atomic E-state index is 0.0167. The van der Waals surface area contributed by atoms with Crippen molar-refractivity contribution < 1.29 is 9.47 Å². The Morgan fingerprint density at radius 3 is 2.70 bits per heavy atom. The van der Waals surface area contributed by atoms with Crippen LogP contribution in [0.4, 0.5) is 0 Å². The van der Waals surface area contributed by atoms with Crippen molar-refractivity contribution in [2.75, 3.05) is 13.2 Å². The van der Waals surface area contributed by atoms with Gasteiger partial charge in [0, 0.05) is 34.9 Å². The second-order valence-corrected chi connectivity index (χ2v) is 6.72. The molecule has 114 valence electrons. The van der Waals surface area contributed by atoms with E-state index < -0.39 is 0 Å². The van der Waals surface area contributed by atoms with Crippen LogP contribution >= 0.6 is 15.9 Å². The molecule has 0 saturated heterocycles. The molecule has 1 aromatic rings. The molecule has 0 bridgehead atoms. The van der Waals surface area contributed by atoms with Crippen LogP contribution in [-0.2, 0) is 11.3 Å². The third-order valence-electron chi connectivity index (χ3n) is 2.57. The summed E-state index contributed by atoms with van der Waals surface area (Å²) in [6.07, 6.45) is 1.74. The average Bonchev–Trinajstić information content (AvgIpc) is 2.35. The standard InChI is InChI=1S/C15H25BrN2O2/c1-6-19-10-11(2)20-14-12(7-13(16)9-17-14)8-18-15(3,4)5/h7,9,11,18H,6,8,10H2,1-5H3. The first kappa shape index (κ1) is 17.4. The third kappa shape index (κ3) is 6.68. The van der Waals surface area contributed by atoms with Crippen molar-refractivity contribution in [3.8, 4) is 5.88 Å². The van der Waals surface area contributed by atoms with E-state index >= 15 is 0 Å². The fourth-order valence-corrected chi connectivity index (χ4v) is 1.95. The molecule has 0 fully saturated rings. The van der Waals surface area contributed by atoms with E-state index in [1.54, 1.807) is 6.20 Å². The lowest BCUT2D eigenvalue weighted by atomic mass is 10.1. The average molecular weight is 345 g/mol. The number of aromatic nitrogens is 1. The van der Waals surface area contributed by atoms with Crippen LogP contribution < -0.4 is 10.1 Å². The molecule has 0 spiro atoms. The molecule has 1 N–H and O–H groups in total. The Kier molecular flexibility index (Phi) is 6.92. The zero-order chi connectivity index (χ0) is 15.2. The van der Waals surface area contributed by atoms with Crippen molar-refractivity contribution in [2.45, 2.75) is 52.8 Å². The molecule has 0 aromatic carbocycles. The third-order valence-corrected chi connectivity index (χ3v) is 3.00. The minimum atomic E-state index is -0.0167. The summed E-state index contributed by atoms with van der Waals surface area (Å²) in [6.45, 7) is 12.3. The predicted octanol–water partition coefficient (Wildman–Crippen LogP) is 3.54. The first-order valence-electron chi connectivity index (χ1n) is 6.95. The summed E-state index contributed by atoms with van der Waals surface area (Å²) in [4.78, 5) is 4.36. The molecule has 0 amide bonds. The van der Waals surface area contributed by atoms with E-state index in [0.717, 1.165) is 10.0 Å². The Hall–Kier alpha value is -0.650. The van der Waals surface area contributed by atoms with Crippen molar-refractivity contribution in [1.82, 2.24) is 10.3 Å². The number of nitrogens with one attached hydrogen (secondary N) is 1. The van der Waals surface area contributed by atoms with Gasteiger partial charge in [-0.25, -0.2) is 4.98 Å². The van der Waals surface area contributed by atoms with Crippen molar-refractivity contribution in [2.24, 2.45) is 0 Å². The number of hydrogen-bond acceptors (Lipinski definition) is 4. The first-order valence-corrected chi connectivity index (χ1v) is 7.75. The Bertz CT molecular complexity index is 419. The van der Waals surface area contributed by atoms with Gasteiger partial charge < -0.3 is 14.8 Å². The molecule has 1 unspecified atom stereocenters. The minimum Gasteiger partial charge on any atom is -0.472 e. The lowest BCUT2D eigenvalue weighted by molar-refractivity contribution is 0.0627. The van der Waals surface area contributed by atoms with Crippen LogP contribution in [0, 0.1) is 0 Å². The van der Waals surface area contributed by atoms with Gasteiger partial charge in [0.1, 0.15) is 6.10 Å². The normalized spacial score (nSPS) is 13.3. The number of halogens is 1. The number of pyridine rings is 1. The molecule has 5 heteroatoms. The summed E-state index contributed by atoms with van der Waals surface area (Å²) in [7, 11) is 0. The molecule has 1 rings (SSSR count). The summed E-state index contributed by atoms with van der Waals surface area (Å²) in [6, 6.07) is 2.04.